The average Bonchev–Trinajstić information content (AvgIpc) is 2.81. The van der Waals surface area contributed by atoms with Crippen LogP contribution < -0.4 is 10.9 Å². The molecule has 0 amide bonds. The van der Waals surface area contributed by atoms with Gasteiger partial charge in [-0.05, 0) is 37.6 Å². The Morgan fingerprint density at radius 3 is 1.94 bits per heavy atom. The number of fused-ring (bicyclic) bond motifs is 1. The molecular formula is C29H23NO2. The first-order valence-electron chi connectivity index (χ1n) is 10.7. The van der Waals surface area contributed by atoms with Gasteiger partial charge in [-0.2, -0.15) is 0 Å². The summed E-state index contributed by atoms with van der Waals surface area (Å²) in [7, 11) is 0. The van der Waals surface area contributed by atoms with E-state index in [1.54, 1.807) is 0 Å². The highest BCUT2D eigenvalue weighted by Crippen LogP contribution is 2.39. The highest BCUT2D eigenvalue weighted by atomic mass is 16.4. The van der Waals surface area contributed by atoms with Gasteiger partial charge in [-0.25, -0.2) is 4.79 Å². The summed E-state index contributed by atoms with van der Waals surface area (Å²) < 4.78 is 6.02. The molecule has 5 aromatic rings. The van der Waals surface area contributed by atoms with Gasteiger partial charge in [0.15, 0.2) is 0 Å². The zero-order chi connectivity index (χ0) is 22.1. The minimum absolute atomic E-state index is 0.356. The monoisotopic (exact) mass is 417 g/mol. The van der Waals surface area contributed by atoms with Gasteiger partial charge in [0.1, 0.15) is 5.76 Å². The standard InChI is InChI=1S/C29H23NO2/c1-19-11-15-21(16-12-19)26-24-9-6-10-25(30-23-7-4-3-5-8-23)27(24)29(31)32-28(26)22-17-13-20(2)14-18-22/h3-18,30H,1-2H3. The number of rotatable bonds is 4. The maximum atomic E-state index is 13.3. The van der Waals surface area contributed by atoms with Crippen LogP contribution in [-0.4, -0.2) is 0 Å². The van der Waals surface area contributed by atoms with Gasteiger partial charge in [0.25, 0.3) is 0 Å². The van der Waals surface area contributed by atoms with Crippen LogP contribution in [0, 0.1) is 13.8 Å². The fourth-order valence-electron chi connectivity index (χ4n) is 3.99. The first-order chi connectivity index (χ1) is 15.6. The quantitative estimate of drug-likeness (QED) is 0.329. The molecule has 0 bridgehead atoms. The molecule has 0 saturated carbocycles. The fourth-order valence-corrected chi connectivity index (χ4v) is 3.99. The fraction of sp³-hybridized carbons (Fsp3) is 0.0690. The van der Waals surface area contributed by atoms with Crippen molar-refractivity contribution in [3.05, 3.63) is 119 Å². The lowest BCUT2D eigenvalue weighted by molar-refractivity contribution is 0.536. The molecule has 1 N–H and O–H groups in total. The van der Waals surface area contributed by atoms with E-state index >= 15 is 0 Å². The zero-order valence-electron chi connectivity index (χ0n) is 18.1. The van der Waals surface area contributed by atoms with Crippen LogP contribution in [0.1, 0.15) is 11.1 Å². The van der Waals surface area contributed by atoms with Gasteiger partial charge in [-0.15, -0.1) is 0 Å². The second kappa shape index (κ2) is 8.20. The molecule has 0 aliphatic rings. The molecule has 0 fully saturated rings. The van der Waals surface area contributed by atoms with Gasteiger partial charge in [0.2, 0.25) is 0 Å². The Kier molecular flexibility index (Phi) is 5.08. The molecule has 0 aliphatic heterocycles. The minimum atomic E-state index is -0.356. The number of hydrogen-bond donors (Lipinski definition) is 1. The van der Waals surface area contributed by atoms with Crippen molar-refractivity contribution in [1.29, 1.82) is 0 Å². The van der Waals surface area contributed by atoms with Crippen LogP contribution >= 0.6 is 0 Å². The number of hydrogen-bond acceptors (Lipinski definition) is 3. The lowest BCUT2D eigenvalue weighted by Gasteiger charge is -2.15. The number of benzene rings is 4. The zero-order valence-corrected chi connectivity index (χ0v) is 18.1. The predicted molar refractivity (Wildman–Crippen MR) is 133 cm³/mol. The van der Waals surface area contributed by atoms with E-state index < -0.39 is 0 Å². The van der Waals surface area contributed by atoms with Crippen molar-refractivity contribution >= 4 is 22.1 Å². The summed E-state index contributed by atoms with van der Waals surface area (Å²) in [6, 6.07) is 32.1. The first kappa shape index (κ1) is 19.8. The van der Waals surface area contributed by atoms with Crippen molar-refractivity contribution in [3.63, 3.8) is 0 Å². The smallest absolute Gasteiger partial charge is 0.346 e. The topological polar surface area (TPSA) is 42.2 Å². The number of para-hydroxylation sites is 1. The molecule has 1 aromatic heterocycles. The van der Waals surface area contributed by atoms with Gasteiger partial charge in [0.05, 0.1) is 11.1 Å². The molecule has 32 heavy (non-hydrogen) atoms. The Bertz CT molecular complexity index is 1450. The minimum Gasteiger partial charge on any atom is -0.422 e. The number of aryl methyl sites for hydroxylation is 2. The van der Waals surface area contributed by atoms with Crippen molar-refractivity contribution in [2.75, 3.05) is 5.32 Å². The molecule has 1 heterocycles. The maximum absolute atomic E-state index is 13.3. The Morgan fingerprint density at radius 1 is 0.656 bits per heavy atom. The van der Waals surface area contributed by atoms with E-state index in [9.17, 15) is 4.79 Å². The molecule has 5 rings (SSSR count). The Labute approximate surface area is 187 Å². The van der Waals surface area contributed by atoms with Crippen molar-refractivity contribution < 1.29 is 4.42 Å². The average molecular weight is 418 g/mol. The molecule has 3 heteroatoms. The van der Waals surface area contributed by atoms with E-state index in [-0.39, 0.29) is 5.63 Å². The number of anilines is 2. The summed E-state index contributed by atoms with van der Waals surface area (Å²) in [6.07, 6.45) is 0. The van der Waals surface area contributed by atoms with Gasteiger partial charge >= 0.3 is 5.63 Å². The molecule has 0 atom stereocenters. The maximum Gasteiger partial charge on any atom is 0.346 e. The number of nitrogens with one attached hydrogen (secondary N) is 1. The Hall–Kier alpha value is -4.11. The van der Waals surface area contributed by atoms with E-state index in [2.05, 4.69) is 36.5 Å². The van der Waals surface area contributed by atoms with Crippen molar-refractivity contribution in [2.45, 2.75) is 13.8 Å². The van der Waals surface area contributed by atoms with E-state index in [1.165, 1.54) is 5.56 Å². The molecule has 0 unspecified atom stereocenters. The molecule has 0 aliphatic carbocycles. The molecule has 3 nitrogen and oxygen atoms in total. The van der Waals surface area contributed by atoms with Crippen LogP contribution in [0.15, 0.2) is 106 Å². The molecular weight excluding hydrogens is 394 g/mol. The Balaban J connectivity index is 1.81. The first-order valence-corrected chi connectivity index (χ1v) is 10.7. The third kappa shape index (κ3) is 3.69. The molecule has 0 spiro atoms. The van der Waals surface area contributed by atoms with Crippen LogP contribution in [0.2, 0.25) is 0 Å². The third-order valence-corrected chi connectivity index (χ3v) is 5.67. The van der Waals surface area contributed by atoms with Crippen molar-refractivity contribution in [3.8, 4) is 22.5 Å². The lowest BCUT2D eigenvalue weighted by Crippen LogP contribution is -2.06. The summed E-state index contributed by atoms with van der Waals surface area (Å²) in [5, 5.41) is 4.79. The van der Waals surface area contributed by atoms with E-state index in [4.69, 9.17) is 4.42 Å². The normalized spacial score (nSPS) is 10.9. The van der Waals surface area contributed by atoms with Gasteiger partial charge in [-0.3, -0.25) is 0 Å². The second-order valence-corrected chi connectivity index (χ2v) is 8.04. The van der Waals surface area contributed by atoms with E-state index in [0.717, 1.165) is 39.0 Å². The summed E-state index contributed by atoms with van der Waals surface area (Å²) >= 11 is 0. The molecule has 156 valence electrons. The van der Waals surface area contributed by atoms with Crippen LogP contribution in [0.5, 0.6) is 0 Å². The van der Waals surface area contributed by atoms with Crippen LogP contribution in [0.3, 0.4) is 0 Å². The predicted octanol–water partition coefficient (Wildman–Crippen LogP) is 7.49. The largest absolute Gasteiger partial charge is 0.422 e. The Morgan fingerprint density at radius 2 is 1.28 bits per heavy atom. The second-order valence-electron chi connectivity index (χ2n) is 8.04. The summed E-state index contributed by atoms with van der Waals surface area (Å²) in [5.74, 6) is 0.586. The summed E-state index contributed by atoms with van der Waals surface area (Å²) in [5.41, 5.74) is 6.43. The summed E-state index contributed by atoms with van der Waals surface area (Å²) in [6.45, 7) is 4.11. The molecule has 0 saturated heterocycles. The van der Waals surface area contributed by atoms with Gasteiger partial charge in [0, 0.05) is 22.2 Å². The lowest BCUT2D eigenvalue weighted by atomic mass is 9.94. The van der Waals surface area contributed by atoms with Crippen molar-refractivity contribution in [1.82, 2.24) is 0 Å². The van der Waals surface area contributed by atoms with E-state index in [0.29, 0.717) is 11.1 Å². The SMILES string of the molecule is Cc1ccc(-c2oc(=O)c3c(Nc4ccccc4)cccc3c2-c2ccc(C)cc2)cc1. The van der Waals surface area contributed by atoms with Crippen LogP contribution in [0.25, 0.3) is 33.2 Å². The molecule has 4 aromatic carbocycles. The van der Waals surface area contributed by atoms with Crippen LogP contribution in [-0.2, 0) is 0 Å². The van der Waals surface area contributed by atoms with Gasteiger partial charge in [-0.1, -0.05) is 90.0 Å². The van der Waals surface area contributed by atoms with Gasteiger partial charge < -0.3 is 9.73 Å². The third-order valence-electron chi connectivity index (χ3n) is 5.67. The highest BCUT2D eigenvalue weighted by molar-refractivity contribution is 6.06. The summed E-state index contributed by atoms with van der Waals surface area (Å²) in [4.78, 5) is 13.3. The van der Waals surface area contributed by atoms with Crippen LogP contribution in [0.4, 0.5) is 11.4 Å². The highest BCUT2D eigenvalue weighted by Gasteiger charge is 2.19. The molecule has 0 radical (unpaired) electrons. The van der Waals surface area contributed by atoms with Crippen molar-refractivity contribution in [2.24, 2.45) is 0 Å². The van der Waals surface area contributed by atoms with E-state index in [1.807, 2.05) is 79.7 Å².